The molecule has 0 spiro atoms. The number of carbonyl (C=O) groups excluding carboxylic acids is 1. The number of rotatable bonds is 2. The number of aromatic nitrogens is 1. The van der Waals surface area contributed by atoms with Gasteiger partial charge in [-0.15, -0.1) is 0 Å². The van der Waals surface area contributed by atoms with Crippen LogP contribution in [0.3, 0.4) is 0 Å². The number of pyridine rings is 1. The van der Waals surface area contributed by atoms with Crippen LogP contribution < -0.4 is 5.32 Å². The van der Waals surface area contributed by atoms with Gasteiger partial charge in [0.25, 0.3) is 5.91 Å². The Kier molecular flexibility index (Phi) is 3.28. The Morgan fingerprint density at radius 2 is 2.11 bits per heavy atom. The van der Waals surface area contributed by atoms with Gasteiger partial charge in [0.05, 0.1) is 0 Å². The molecule has 0 radical (unpaired) electrons. The molecule has 3 heterocycles. The summed E-state index contributed by atoms with van der Waals surface area (Å²) in [6.07, 6.45) is 8.07. The molecule has 0 aromatic carbocycles. The molecule has 96 valence electrons. The highest BCUT2D eigenvalue weighted by Gasteiger charge is 2.36. The zero-order valence-electron chi connectivity index (χ0n) is 10.5. The van der Waals surface area contributed by atoms with Crippen LogP contribution in [0.5, 0.6) is 0 Å². The topological polar surface area (TPSA) is 45.2 Å². The standard InChI is InChI=1S/C14H19N3O/c18-14(11-5-8-15-9-6-11)17-10-2-4-13(17)12-3-1-7-16-12/h5-6,8-9,12-13,16H,1-4,7,10H2. The minimum atomic E-state index is 0.161. The Hall–Kier alpha value is -1.42. The zero-order chi connectivity index (χ0) is 12.4. The molecule has 0 aliphatic carbocycles. The minimum Gasteiger partial charge on any atom is -0.334 e. The van der Waals surface area contributed by atoms with Gasteiger partial charge >= 0.3 is 0 Å². The van der Waals surface area contributed by atoms with Crippen molar-refractivity contribution < 1.29 is 4.79 Å². The first-order chi connectivity index (χ1) is 8.86. The SMILES string of the molecule is O=C(c1ccncc1)N1CCCC1C1CCCN1. The predicted molar refractivity (Wildman–Crippen MR) is 69.3 cm³/mol. The maximum atomic E-state index is 12.5. The van der Waals surface area contributed by atoms with Crippen LogP contribution in [0, 0.1) is 0 Å². The van der Waals surface area contributed by atoms with Crippen LogP contribution in [0.4, 0.5) is 0 Å². The van der Waals surface area contributed by atoms with Crippen molar-refractivity contribution in [2.75, 3.05) is 13.1 Å². The molecule has 2 unspecified atom stereocenters. The van der Waals surface area contributed by atoms with Gasteiger partial charge < -0.3 is 10.2 Å². The molecule has 1 amide bonds. The predicted octanol–water partition coefficient (Wildman–Crippen LogP) is 1.44. The van der Waals surface area contributed by atoms with Crippen LogP contribution >= 0.6 is 0 Å². The quantitative estimate of drug-likeness (QED) is 0.857. The fourth-order valence-electron chi connectivity index (χ4n) is 3.16. The summed E-state index contributed by atoms with van der Waals surface area (Å²) >= 11 is 0. The third-order valence-corrected chi connectivity index (χ3v) is 4.05. The fourth-order valence-corrected chi connectivity index (χ4v) is 3.16. The van der Waals surface area contributed by atoms with Gasteiger partial charge in [0.15, 0.2) is 0 Å². The Morgan fingerprint density at radius 3 is 2.83 bits per heavy atom. The molecular formula is C14H19N3O. The number of hydrogen-bond acceptors (Lipinski definition) is 3. The van der Waals surface area contributed by atoms with Crippen molar-refractivity contribution in [1.29, 1.82) is 0 Å². The maximum absolute atomic E-state index is 12.5. The average Bonchev–Trinajstić information content (AvgIpc) is 3.09. The molecule has 2 saturated heterocycles. The van der Waals surface area contributed by atoms with E-state index in [4.69, 9.17) is 0 Å². The first-order valence-electron chi connectivity index (χ1n) is 6.80. The molecule has 0 bridgehead atoms. The number of amides is 1. The summed E-state index contributed by atoms with van der Waals surface area (Å²) in [5, 5.41) is 3.53. The second-order valence-electron chi connectivity index (χ2n) is 5.15. The third-order valence-electron chi connectivity index (χ3n) is 4.05. The van der Waals surface area contributed by atoms with Crippen LogP contribution in [-0.2, 0) is 0 Å². The third kappa shape index (κ3) is 2.12. The van der Waals surface area contributed by atoms with E-state index in [1.165, 1.54) is 12.8 Å². The van der Waals surface area contributed by atoms with E-state index in [0.29, 0.717) is 12.1 Å². The molecule has 1 aromatic rings. The molecule has 0 saturated carbocycles. The lowest BCUT2D eigenvalue weighted by Crippen LogP contribution is -2.46. The van der Waals surface area contributed by atoms with Crippen molar-refractivity contribution in [3.63, 3.8) is 0 Å². The monoisotopic (exact) mass is 245 g/mol. The molecule has 2 atom stereocenters. The van der Waals surface area contributed by atoms with Crippen LogP contribution in [-0.4, -0.2) is 41.0 Å². The highest BCUT2D eigenvalue weighted by molar-refractivity contribution is 5.94. The maximum Gasteiger partial charge on any atom is 0.254 e. The van der Waals surface area contributed by atoms with E-state index < -0.39 is 0 Å². The average molecular weight is 245 g/mol. The zero-order valence-corrected chi connectivity index (χ0v) is 10.5. The summed E-state index contributed by atoms with van der Waals surface area (Å²) in [7, 11) is 0. The van der Waals surface area contributed by atoms with Crippen LogP contribution in [0.15, 0.2) is 24.5 Å². The fraction of sp³-hybridized carbons (Fsp3) is 0.571. The van der Waals surface area contributed by atoms with Crippen molar-refractivity contribution in [3.8, 4) is 0 Å². The van der Waals surface area contributed by atoms with Crippen molar-refractivity contribution in [1.82, 2.24) is 15.2 Å². The molecule has 18 heavy (non-hydrogen) atoms. The molecule has 2 fully saturated rings. The molecule has 1 N–H and O–H groups in total. The van der Waals surface area contributed by atoms with Gasteiger partial charge in [-0.05, 0) is 44.4 Å². The van der Waals surface area contributed by atoms with E-state index in [9.17, 15) is 4.79 Å². The second kappa shape index (κ2) is 5.06. The number of likely N-dealkylation sites (tertiary alicyclic amines) is 1. The Morgan fingerprint density at radius 1 is 1.28 bits per heavy atom. The summed E-state index contributed by atoms with van der Waals surface area (Å²) in [5.74, 6) is 0.161. The van der Waals surface area contributed by atoms with E-state index in [2.05, 4.69) is 15.2 Å². The normalized spacial score (nSPS) is 27.7. The largest absolute Gasteiger partial charge is 0.334 e. The van der Waals surface area contributed by atoms with E-state index in [-0.39, 0.29) is 5.91 Å². The lowest BCUT2D eigenvalue weighted by Gasteiger charge is -2.29. The summed E-state index contributed by atoms with van der Waals surface area (Å²) in [6.45, 7) is 1.99. The smallest absolute Gasteiger partial charge is 0.254 e. The highest BCUT2D eigenvalue weighted by Crippen LogP contribution is 2.26. The van der Waals surface area contributed by atoms with Gasteiger partial charge in [-0.2, -0.15) is 0 Å². The number of nitrogens with zero attached hydrogens (tertiary/aromatic N) is 2. The van der Waals surface area contributed by atoms with Crippen molar-refractivity contribution >= 4 is 5.91 Å². The van der Waals surface area contributed by atoms with Crippen molar-refractivity contribution in [3.05, 3.63) is 30.1 Å². The molecular weight excluding hydrogens is 226 g/mol. The molecule has 4 heteroatoms. The summed E-state index contributed by atoms with van der Waals surface area (Å²) in [6, 6.07) is 4.49. The van der Waals surface area contributed by atoms with Crippen molar-refractivity contribution in [2.45, 2.75) is 37.8 Å². The minimum absolute atomic E-state index is 0.161. The summed E-state index contributed by atoms with van der Waals surface area (Å²) in [4.78, 5) is 18.5. The number of hydrogen-bond donors (Lipinski definition) is 1. The first kappa shape index (κ1) is 11.7. The summed E-state index contributed by atoms with van der Waals surface area (Å²) in [5.41, 5.74) is 0.759. The van der Waals surface area contributed by atoms with Crippen LogP contribution in [0.25, 0.3) is 0 Å². The van der Waals surface area contributed by atoms with Gasteiger partial charge in [-0.3, -0.25) is 9.78 Å². The van der Waals surface area contributed by atoms with Crippen LogP contribution in [0.2, 0.25) is 0 Å². The van der Waals surface area contributed by atoms with Gasteiger partial charge in [0.1, 0.15) is 0 Å². The van der Waals surface area contributed by atoms with Crippen molar-refractivity contribution in [2.24, 2.45) is 0 Å². The summed E-state index contributed by atoms with van der Waals surface area (Å²) < 4.78 is 0. The molecule has 2 aliphatic heterocycles. The van der Waals surface area contributed by atoms with Gasteiger partial charge in [0.2, 0.25) is 0 Å². The Balaban J connectivity index is 1.76. The van der Waals surface area contributed by atoms with E-state index in [1.54, 1.807) is 24.5 Å². The number of carbonyl (C=O) groups is 1. The molecule has 4 nitrogen and oxygen atoms in total. The molecule has 2 aliphatic rings. The second-order valence-corrected chi connectivity index (χ2v) is 5.15. The molecule has 3 rings (SSSR count). The molecule has 1 aromatic heterocycles. The van der Waals surface area contributed by atoms with Crippen LogP contribution in [0.1, 0.15) is 36.0 Å². The van der Waals surface area contributed by atoms with Gasteiger partial charge in [-0.25, -0.2) is 0 Å². The van der Waals surface area contributed by atoms with E-state index in [0.717, 1.165) is 31.5 Å². The lowest BCUT2D eigenvalue weighted by molar-refractivity contribution is 0.0711. The van der Waals surface area contributed by atoms with E-state index in [1.807, 2.05) is 0 Å². The number of nitrogens with one attached hydrogen (secondary N) is 1. The van der Waals surface area contributed by atoms with Gasteiger partial charge in [0, 0.05) is 36.6 Å². The lowest BCUT2D eigenvalue weighted by atomic mass is 10.0. The first-order valence-corrected chi connectivity index (χ1v) is 6.80. The Labute approximate surface area is 107 Å². The van der Waals surface area contributed by atoms with Gasteiger partial charge in [-0.1, -0.05) is 0 Å². The Bertz CT molecular complexity index is 414. The highest BCUT2D eigenvalue weighted by atomic mass is 16.2. The van der Waals surface area contributed by atoms with E-state index >= 15 is 0 Å².